The van der Waals surface area contributed by atoms with Gasteiger partial charge in [0.2, 0.25) is 6.79 Å². The molecular formula is C30H24FNO6. The topological polar surface area (TPSA) is 85.3 Å². The number of ether oxygens (including phenoxy) is 3. The number of hydrogen-bond donors (Lipinski definition) is 1. The van der Waals surface area contributed by atoms with E-state index >= 15 is 0 Å². The lowest BCUT2D eigenvalue weighted by Gasteiger charge is -2.23. The Labute approximate surface area is 218 Å². The number of carboxylic acids is 1. The summed E-state index contributed by atoms with van der Waals surface area (Å²) in [6.45, 7) is 0.347. The Balaban J connectivity index is 1.35. The summed E-state index contributed by atoms with van der Waals surface area (Å²) in [5, 5.41) is 9.63. The van der Waals surface area contributed by atoms with Crippen LogP contribution in [0.4, 0.5) is 10.1 Å². The quantitative estimate of drug-likeness (QED) is 0.319. The van der Waals surface area contributed by atoms with Gasteiger partial charge in [-0.1, -0.05) is 36.4 Å². The van der Waals surface area contributed by atoms with Crippen LogP contribution in [-0.4, -0.2) is 29.9 Å². The van der Waals surface area contributed by atoms with Crippen LogP contribution in [0.25, 0.3) is 0 Å². The van der Waals surface area contributed by atoms with Crippen LogP contribution in [-0.2, 0) is 17.8 Å². The number of benzene rings is 4. The summed E-state index contributed by atoms with van der Waals surface area (Å²) >= 11 is 0. The Bertz CT molecular complexity index is 1420. The molecule has 38 heavy (non-hydrogen) atoms. The van der Waals surface area contributed by atoms with Crippen molar-refractivity contribution in [1.29, 1.82) is 0 Å². The minimum atomic E-state index is -1.08. The Morgan fingerprint density at radius 1 is 0.868 bits per heavy atom. The van der Waals surface area contributed by atoms with Gasteiger partial charge >= 0.3 is 5.97 Å². The molecule has 0 bridgehead atoms. The molecule has 0 spiro atoms. The van der Waals surface area contributed by atoms with Gasteiger partial charge in [-0.25, -0.2) is 9.18 Å². The molecule has 0 radical (unpaired) electrons. The summed E-state index contributed by atoms with van der Waals surface area (Å²) in [6.07, 6.45) is -0.884. The van der Waals surface area contributed by atoms with E-state index in [1.165, 1.54) is 17.0 Å². The summed E-state index contributed by atoms with van der Waals surface area (Å²) in [6, 6.07) is 26.6. The second-order valence-electron chi connectivity index (χ2n) is 8.71. The molecule has 192 valence electrons. The Kier molecular flexibility index (Phi) is 7.21. The van der Waals surface area contributed by atoms with E-state index in [2.05, 4.69) is 0 Å². The molecule has 1 aliphatic heterocycles. The van der Waals surface area contributed by atoms with Crippen LogP contribution < -0.4 is 19.1 Å². The lowest BCUT2D eigenvalue weighted by Crippen LogP contribution is -2.31. The zero-order chi connectivity index (χ0) is 26.5. The van der Waals surface area contributed by atoms with E-state index < -0.39 is 17.9 Å². The third-order valence-corrected chi connectivity index (χ3v) is 6.08. The van der Waals surface area contributed by atoms with Crippen molar-refractivity contribution in [2.75, 3.05) is 11.7 Å². The van der Waals surface area contributed by atoms with Crippen molar-refractivity contribution >= 4 is 17.6 Å². The molecule has 0 fully saturated rings. The monoisotopic (exact) mass is 513 g/mol. The molecule has 0 unspecified atom stereocenters. The molecule has 4 aromatic carbocycles. The van der Waals surface area contributed by atoms with Crippen LogP contribution in [0.15, 0.2) is 97.1 Å². The number of amides is 1. The minimum Gasteiger partial charge on any atom is -0.478 e. The number of carboxylic acid groups (broad SMARTS) is 1. The van der Waals surface area contributed by atoms with E-state index in [0.29, 0.717) is 28.5 Å². The maximum Gasteiger partial charge on any atom is 0.345 e. The van der Waals surface area contributed by atoms with Gasteiger partial charge in [-0.2, -0.15) is 0 Å². The highest BCUT2D eigenvalue weighted by molar-refractivity contribution is 6.06. The summed E-state index contributed by atoms with van der Waals surface area (Å²) in [4.78, 5) is 26.9. The number of carbonyl (C=O) groups excluding carboxylic acids is 1. The van der Waals surface area contributed by atoms with E-state index in [4.69, 9.17) is 14.2 Å². The highest BCUT2D eigenvalue weighted by Gasteiger charge is 2.23. The van der Waals surface area contributed by atoms with Crippen LogP contribution in [0.1, 0.15) is 21.5 Å². The van der Waals surface area contributed by atoms with Crippen molar-refractivity contribution in [3.8, 4) is 17.2 Å². The van der Waals surface area contributed by atoms with Crippen molar-refractivity contribution in [3.63, 3.8) is 0 Å². The SMILES string of the molecule is O=C(O)[C@@H](Cc1ccccc1)Oc1ccc(C(=O)N(Cc2ccc3c(c2)OCO3)c2ccc(F)cc2)cc1. The third-order valence-electron chi connectivity index (χ3n) is 6.08. The molecule has 7 nitrogen and oxygen atoms in total. The first-order chi connectivity index (χ1) is 18.5. The second kappa shape index (κ2) is 11.0. The van der Waals surface area contributed by atoms with Crippen molar-refractivity contribution < 1.29 is 33.3 Å². The zero-order valence-corrected chi connectivity index (χ0v) is 20.2. The molecule has 1 heterocycles. The van der Waals surface area contributed by atoms with Crippen LogP contribution in [0.5, 0.6) is 17.2 Å². The van der Waals surface area contributed by atoms with E-state index in [-0.39, 0.29) is 25.7 Å². The van der Waals surface area contributed by atoms with E-state index in [0.717, 1.165) is 11.1 Å². The third kappa shape index (κ3) is 5.75. The summed E-state index contributed by atoms with van der Waals surface area (Å²) in [7, 11) is 0. The number of fused-ring (bicyclic) bond motifs is 1. The van der Waals surface area contributed by atoms with E-state index in [1.54, 1.807) is 42.5 Å². The summed E-state index contributed by atoms with van der Waals surface area (Å²) < 4.78 is 30.1. The van der Waals surface area contributed by atoms with Gasteiger partial charge in [0.05, 0.1) is 6.54 Å². The largest absolute Gasteiger partial charge is 0.478 e. The Morgan fingerprint density at radius 3 is 2.29 bits per heavy atom. The van der Waals surface area contributed by atoms with Crippen LogP contribution >= 0.6 is 0 Å². The van der Waals surface area contributed by atoms with Crippen molar-refractivity contribution in [2.24, 2.45) is 0 Å². The van der Waals surface area contributed by atoms with Crippen molar-refractivity contribution in [1.82, 2.24) is 0 Å². The lowest BCUT2D eigenvalue weighted by molar-refractivity contribution is -0.145. The average Bonchev–Trinajstić information content (AvgIpc) is 3.41. The maximum atomic E-state index is 13.6. The molecule has 0 aliphatic carbocycles. The molecule has 1 amide bonds. The van der Waals surface area contributed by atoms with Gasteiger partial charge in [0.25, 0.3) is 5.91 Å². The fraction of sp³-hybridized carbons (Fsp3) is 0.133. The highest BCUT2D eigenvalue weighted by atomic mass is 19.1. The normalized spacial score (nSPS) is 12.6. The molecule has 0 saturated carbocycles. The van der Waals surface area contributed by atoms with Gasteiger partial charge in [-0.05, 0) is 71.8 Å². The predicted octanol–water partition coefficient (Wildman–Crippen LogP) is 5.48. The molecule has 1 aliphatic rings. The first kappa shape index (κ1) is 24.8. The second-order valence-corrected chi connectivity index (χ2v) is 8.71. The number of hydrogen-bond acceptors (Lipinski definition) is 5. The maximum absolute atomic E-state index is 13.6. The predicted molar refractivity (Wildman–Crippen MR) is 138 cm³/mol. The summed E-state index contributed by atoms with van der Waals surface area (Å²) in [5.74, 6) is -0.252. The number of aliphatic carboxylic acids is 1. The molecule has 1 N–H and O–H groups in total. The fourth-order valence-corrected chi connectivity index (χ4v) is 4.13. The Hall–Kier alpha value is -4.85. The van der Waals surface area contributed by atoms with Crippen molar-refractivity contribution in [2.45, 2.75) is 19.1 Å². The van der Waals surface area contributed by atoms with Gasteiger partial charge in [0, 0.05) is 17.7 Å². The zero-order valence-electron chi connectivity index (χ0n) is 20.2. The first-order valence-corrected chi connectivity index (χ1v) is 12.0. The minimum absolute atomic E-state index is 0.141. The Morgan fingerprint density at radius 2 is 1.58 bits per heavy atom. The van der Waals surface area contributed by atoms with Gasteiger partial charge < -0.3 is 24.2 Å². The van der Waals surface area contributed by atoms with Gasteiger partial charge in [-0.3, -0.25) is 4.79 Å². The van der Waals surface area contributed by atoms with Gasteiger partial charge in [0.15, 0.2) is 17.6 Å². The number of halogens is 1. The van der Waals surface area contributed by atoms with Crippen LogP contribution in [0.2, 0.25) is 0 Å². The number of rotatable bonds is 9. The number of anilines is 1. The van der Waals surface area contributed by atoms with Gasteiger partial charge in [-0.15, -0.1) is 0 Å². The molecule has 4 aromatic rings. The smallest absolute Gasteiger partial charge is 0.345 e. The fourth-order valence-electron chi connectivity index (χ4n) is 4.13. The average molecular weight is 514 g/mol. The number of carbonyl (C=O) groups is 2. The molecule has 0 aromatic heterocycles. The van der Waals surface area contributed by atoms with Gasteiger partial charge in [0.1, 0.15) is 11.6 Å². The van der Waals surface area contributed by atoms with Crippen LogP contribution in [0.3, 0.4) is 0 Å². The number of nitrogens with zero attached hydrogens (tertiary/aromatic N) is 1. The van der Waals surface area contributed by atoms with Crippen molar-refractivity contribution in [3.05, 3.63) is 120 Å². The lowest BCUT2D eigenvalue weighted by atomic mass is 10.1. The highest BCUT2D eigenvalue weighted by Crippen LogP contribution is 2.33. The molecule has 0 saturated heterocycles. The van der Waals surface area contributed by atoms with Crippen LogP contribution in [0, 0.1) is 5.82 Å². The van der Waals surface area contributed by atoms with E-state index in [1.807, 2.05) is 42.5 Å². The molecule has 1 atom stereocenters. The molecule has 5 rings (SSSR count). The first-order valence-electron chi connectivity index (χ1n) is 12.0. The molecular weight excluding hydrogens is 489 g/mol. The summed E-state index contributed by atoms with van der Waals surface area (Å²) in [5.41, 5.74) is 2.52. The molecule has 8 heteroatoms. The van der Waals surface area contributed by atoms with E-state index in [9.17, 15) is 19.1 Å². The standard InChI is InChI=1S/C30H24FNO6/c31-23-9-11-24(12-10-23)32(18-21-6-15-26-27(17-21)37-19-36-26)29(33)22-7-13-25(14-8-22)38-28(30(34)35)16-20-4-2-1-3-5-20/h1-15,17,28H,16,18-19H2,(H,34,35)/t28-/m1/s1.